The third kappa shape index (κ3) is 11.0. The minimum absolute atomic E-state index is 0. The van der Waals surface area contributed by atoms with E-state index in [1.165, 1.54) is 0 Å². The zero-order chi connectivity index (χ0) is 13.1. The van der Waals surface area contributed by atoms with E-state index in [1.807, 2.05) is 0 Å². The molecule has 0 fully saturated rings. The van der Waals surface area contributed by atoms with Gasteiger partial charge in [-0.3, -0.25) is 9.35 Å². The van der Waals surface area contributed by atoms with E-state index in [1.54, 1.807) is 0 Å². The number of carboxylic acid groups (broad SMARTS) is 2. The Labute approximate surface area is 180 Å². The second-order valence-corrected chi connectivity index (χ2v) is 4.31. The number of carbonyl (C=O) groups is 2. The molecular weight excluding hydrogens is 317 g/mol. The van der Waals surface area contributed by atoms with E-state index >= 15 is 0 Å². The Morgan fingerprint density at radius 1 is 1.11 bits per heavy atom. The summed E-state index contributed by atoms with van der Waals surface area (Å²) < 4.78 is 34.0. The monoisotopic (exact) mass is 330 g/mol. The minimum Gasteiger partial charge on any atom is -1.00 e. The van der Waals surface area contributed by atoms with Crippen molar-refractivity contribution in [2.75, 3.05) is 0 Å². The molecule has 0 saturated heterocycles. The van der Waals surface area contributed by atoms with E-state index < -0.39 is 39.7 Å². The topological polar surface area (TPSA) is 158 Å². The average Bonchev–Trinajstić information content (AvgIpc) is 1.97. The van der Waals surface area contributed by atoms with Crippen LogP contribution in [0.2, 0.25) is 0 Å². The van der Waals surface area contributed by atoms with Gasteiger partial charge in [0.05, 0.1) is 0 Å². The summed E-state index contributed by atoms with van der Waals surface area (Å²) >= 11 is 0. The zero-order valence-electron chi connectivity index (χ0n) is 14.0. The Kier molecular flexibility index (Phi) is 18.7. The third-order valence-electron chi connectivity index (χ3n) is 1.43. The molecular formula is C6H13Na3O9S. The van der Waals surface area contributed by atoms with Crippen LogP contribution in [0.5, 0.6) is 0 Å². The predicted octanol–water partition coefficient (Wildman–Crippen LogP) is -10.5. The second kappa shape index (κ2) is 12.3. The molecule has 0 aliphatic carbocycles. The Morgan fingerprint density at radius 2 is 1.47 bits per heavy atom. The molecule has 0 radical (unpaired) electrons. The first-order valence-electron chi connectivity index (χ1n) is 3.82. The van der Waals surface area contributed by atoms with Gasteiger partial charge in [-0.05, 0) is 6.92 Å². The number of rotatable bonds is 6. The molecule has 0 aromatic rings. The molecule has 0 amide bonds. The van der Waals surface area contributed by atoms with Crippen LogP contribution in [0.1, 0.15) is 11.2 Å². The number of hydrogen-bond acceptors (Lipinski definition) is 6. The molecule has 4 N–H and O–H groups in total. The Hall–Kier alpha value is 1.77. The molecule has 100 valence electrons. The van der Waals surface area contributed by atoms with E-state index in [-0.39, 0.29) is 93.0 Å². The Morgan fingerprint density at radius 3 is 1.63 bits per heavy atom. The van der Waals surface area contributed by atoms with Crippen LogP contribution >= 0.6 is 0 Å². The Bertz CT molecular complexity index is 394. The molecule has 0 aliphatic heterocycles. The van der Waals surface area contributed by atoms with E-state index in [4.69, 9.17) is 19.9 Å². The molecule has 0 saturated carbocycles. The fraction of sp³-hybridized carbons (Fsp3) is 0.667. The van der Waals surface area contributed by atoms with Gasteiger partial charge in [0, 0.05) is 0 Å². The largest absolute Gasteiger partial charge is 1.00 e. The number of ether oxygens (including phenoxy) is 1. The van der Waals surface area contributed by atoms with Crippen LogP contribution in [0.15, 0.2) is 0 Å². The fourth-order valence-electron chi connectivity index (χ4n) is 0.884. The second-order valence-electron chi connectivity index (χ2n) is 2.77. The molecule has 0 aromatic carbocycles. The normalized spacial score (nSPS) is 14.7. The van der Waals surface area contributed by atoms with Gasteiger partial charge in [0.2, 0.25) is 5.25 Å². The van der Waals surface area contributed by atoms with Gasteiger partial charge >= 0.3 is 101 Å². The first kappa shape index (κ1) is 28.9. The van der Waals surface area contributed by atoms with Crippen LogP contribution in [-0.4, -0.2) is 57.9 Å². The van der Waals surface area contributed by atoms with Crippen molar-refractivity contribution in [1.82, 2.24) is 0 Å². The summed E-state index contributed by atoms with van der Waals surface area (Å²) in [7, 11) is -5.17. The molecule has 3 unspecified atom stereocenters. The van der Waals surface area contributed by atoms with Crippen molar-refractivity contribution in [3.8, 4) is 0 Å². The van der Waals surface area contributed by atoms with Crippen LogP contribution in [0.25, 0.3) is 0 Å². The minimum atomic E-state index is -5.17. The number of aliphatic hydroxyl groups is 1. The SMILES string of the molecule is CC(O)OC(C(=O)O)C(C(=O)O)S(=O)(=O)O.[H-].[H-].[H-].[Na+].[Na+].[Na+]. The maximum atomic E-state index is 10.7. The summed E-state index contributed by atoms with van der Waals surface area (Å²) in [4.78, 5) is 21.1. The van der Waals surface area contributed by atoms with Crippen LogP contribution in [0.4, 0.5) is 0 Å². The van der Waals surface area contributed by atoms with Gasteiger partial charge < -0.3 is 24.3 Å². The summed E-state index contributed by atoms with van der Waals surface area (Å²) in [5.74, 6) is -4.04. The molecule has 0 heterocycles. The third-order valence-corrected chi connectivity index (χ3v) is 2.52. The molecule has 0 bridgehead atoms. The van der Waals surface area contributed by atoms with Crippen molar-refractivity contribution in [1.29, 1.82) is 0 Å². The van der Waals surface area contributed by atoms with E-state index in [0.717, 1.165) is 6.92 Å². The smallest absolute Gasteiger partial charge is 1.00 e. The van der Waals surface area contributed by atoms with Gasteiger partial charge in [-0.25, -0.2) is 4.79 Å². The summed E-state index contributed by atoms with van der Waals surface area (Å²) in [6.45, 7) is 0.957. The van der Waals surface area contributed by atoms with Crippen molar-refractivity contribution in [3.63, 3.8) is 0 Å². The van der Waals surface area contributed by atoms with Gasteiger partial charge in [0.25, 0.3) is 10.1 Å². The van der Waals surface area contributed by atoms with Gasteiger partial charge in [-0.2, -0.15) is 8.42 Å². The average molecular weight is 330 g/mol. The van der Waals surface area contributed by atoms with Crippen LogP contribution in [0.3, 0.4) is 0 Å². The number of carboxylic acids is 2. The number of hydrogen-bond donors (Lipinski definition) is 4. The molecule has 9 nitrogen and oxygen atoms in total. The van der Waals surface area contributed by atoms with Crippen molar-refractivity contribution in [2.45, 2.75) is 24.6 Å². The van der Waals surface area contributed by atoms with Crippen molar-refractivity contribution in [3.05, 3.63) is 0 Å². The number of aliphatic carboxylic acids is 2. The van der Waals surface area contributed by atoms with Crippen LogP contribution in [0, 0.1) is 0 Å². The summed E-state index contributed by atoms with van der Waals surface area (Å²) in [6, 6.07) is 0. The summed E-state index contributed by atoms with van der Waals surface area (Å²) in [5, 5.41) is 23.0. The maximum absolute atomic E-state index is 10.7. The molecule has 0 aromatic heterocycles. The zero-order valence-corrected chi connectivity index (χ0v) is 17.8. The van der Waals surface area contributed by atoms with E-state index in [9.17, 15) is 18.0 Å². The number of aliphatic hydroxyl groups excluding tert-OH is 1. The standard InChI is InChI=1S/C6H10O9S.3Na.3H/c1-2(7)15-3(5(8)9)4(6(10)11)16(12,13)14;;;;;;/h2-4,7H,1H3,(H,8,9)(H,10,11)(H,12,13,14);;;;;;/q;3*+1;3*-1. The van der Waals surface area contributed by atoms with Gasteiger partial charge in [-0.15, -0.1) is 0 Å². The molecule has 19 heavy (non-hydrogen) atoms. The van der Waals surface area contributed by atoms with Crippen molar-refractivity contribution in [2.24, 2.45) is 0 Å². The first-order valence-corrected chi connectivity index (χ1v) is 5.33. The van der Waals surface area contributed by atoms with Gasteiger partial charge in [0.1, 0.15) is 0 Å². The van der Waals surface area contributed by atoms with E-state index in [2.05, 4.69) is 4.74 Å². The van der Waals surface area contributed by atoms with E-state index in [0.29, 0.717) is 0 Å². The van der Waals surface area contributed by atoms with Crippen molar-refractivity contribution < 1.29 is 136 Å². The molecule has 0 spiro atoms. The maximum Gasteiger partial charge on any atom is 1.00 e. The molecule has 0 aliphatic rings. The van der Waals surface area contributed by atoms with Crippen molar-refractivity contribution >= 4 is 22.1 Å². The van der Waals surface area contributed by atoms with Gasteiger partial charge in [-0.1, -0.05) is 0 Å². The molecule has 0 rings (SSSR count). The van der Waals surface area contributed by atoms with Gasteiger partial charge in [0.15, 0.2) is 12.4 Å². The first-order chi connectivity index (χ1) is 7.07. The summed E-state index contributed by atoms with van der Waals surface area (Å²) in [5.41, 5.74) is 0. The summed E-state index contributed by atoms with van der Waals surface area (Å²) in [6.07, 6.45) is -4.11. The van der Waals surface area contributed by atoms with Crippen LogP contribution < -0.4 is 88.7 Å². The molecule has 13 heteroatoms. The Balaban J connectivity index is -0.0000000750. The van der Waals surface area contributed by atoms with Crippen LogP contribution in [-0.2, 0) is 24.4 Å². The quantitative estimate of drug-likeness (QED) is 0.211. The molecule has 3 atom stereocenters. The predicted molar refractivity (Wildman–Crippen MR) is 50.5 cm³/mol. The fourth-order valence-corrected chi connectivity index (χ4v) is 1.63.